The van der Waals surface area contributed by atoms with Crippen LogP contribution >= 0.6 is 0 Å². The Labute approximate surface area is 117 Å². The van der Waals surface area contributed by atoms with Crippen LogP contribution in [-0.2, 0) is 6.54 Å². The second-order valence-electron chi connectivity index (χ2n) is 4.50. The number of aromatic nitrogens is 3. The van der Waals surface area contributed by atoms with Gasteiger partial charge in [0.2, 0.25) is 0 Å². The average Bonchev–Trinajstić information content (AvgIpc) is 2.93. The summed E-state index contributed by atoms with van der Waals surface area (Å²) in [5, 5.41) is 12.9. The Kier molecular flexibility index (Phi) is 3.02. The van der Waals surface area contributed by atoms with E-state index >= 15 is 0 Å². The van der Waals surface area contributed by atoms with Gasteiger partial charge in [-0.15, -0.1) is 0 Å². The summed E-state index contributed by atoms with van der Waals surface area (Å²) in [6, 6.07) is 5.05. The fraction of sp³-hybridized carbons (Fsp3) is 0.0714. The van der Waals surface area contributed by atoms with Crippen molar-refractivity contribution in [1.29, 1.82) is 0 Å². The van der Waals surface area contributed by atoms with E-state index in [0.717, 1.165) is 6.07 Å². The Balaban J connectivity index is 2.06. The highest BCUT2D eigenvalue weighted by Gasteiger charge is 2.10. The highest BCUT2D eigenvalue weighted by molar-refractivity contribution is 5.87. The molecule has 0 amide bonds. The fourth-order valence-corrected chi connectivity index (χ4v) is 2.10. The molecule has 0 unspecified atom stereocenters. The summed E-state index contributed by atoms with van der Waals surface area (Å²) in [6.45, 7) is -0.0481. The van der Waals surface area contributed by atoms with Crippen LogP contribution < -0.4 is 5.56 Å². The molecule has 2 heterocycles. The Morgan fingerprint density at radius 1 is 1.29 bits per heavy atom. The fourth-order valence-electron chi connectivity index (χ4n) is 2.10. The predicted molar refractivity (Wildman–Crippen MR) is 71.9 cm³/mol. The van der Waals surface area contributed by atoms with Gasteiger partial charge in [-0.3, -0.25) is 4.79 Å². The summed E-state index contributed by atoms with van der Waals surface area (Å²) >= 11 is 0. The molecular weight excluding hydrogens is 277 g/mol. The largest absolute Gasteiger partial charge is 0.478 e. The minimum Gasteiger partial charge on any atom is -0.478 e. The molecule has 1 N–H and O–H groups in total. The first-order valence-electron chi connectivity index (χ1n) is 6.11. The third-order valence-corrected chi connectivity index (χ3v) is 3.17. The summed E-state index contributed by atoms with van der Waals surface area (Å²) in [7, 11) is 0. The molecule has 1 aromatic carbocycles. The summed E-state index contributed by atoms with van der Waals surface area (Å²) in [5.74, 6) is -1.70. The number of halogens is 1. The van der Waals surface area contributed by atoms with Crippen LogP contribution in [0.1, 0.15) is 15.9 Å². The molecule has 2 aromatic heterocycles. The standard InChI is InChI=1S/C14H10FN3O3/c15-11-2-1-9(14(20)21)7-10(11)8-17-5-6-18-12(13(17)19)3-4-16-18/h1-7H,8H2,(H,20,21). The van der Waals surface area contributed by atoms with Gasteiger partial charge in [-0.2, -0.15) is 5.10 Å². The van der Waals surface area contributed by atoms with Crippen molar-refractivity contribution in [3.63, 3.8) is 0 Å². The van der Waals surface area contributed by atoms with Crippen molar-refractivity contribution in [2.45, 2.75) is 6.54 Å². The molecule has 0 bridgehead atoms. The molecule has 0 fully saturated rings. The molecule has 0 saturated carbocycles. The van der Waals surface area contributed by atoms with Crippen LogP contribution in [0.2, 0.25) is 0 Å². The quantitative estimate of drug-likeness (QED) is 0.789. The first kappa shape index (κ1) is 13.0. The third kappa shape index (κ3) is 2.29. The maximum absolute atomic E-state index is 13.8. The molecule has 0 aliphatic rings. The Bertz CT molecular complexity index is 898. The van der Waals surface area contributed by atoms with E-state index < -0.39 is 11.8 Å². The predicted octanol–water partition coefficient (Wildman–Crippen LogP) is 1.38. The zero-order valence-electron chi connectivity index (χ0n) is 10.7. The maximum atomic E-state index is 13.8. The molecule has 3 aromatic rings. The molecule has 0 aliphatic carbocycles. The van der Waals surface area contributed by atoms with Crippen molar-refractivity contribution in [3.05, 3.63) is 70.2 Å². The van der Waals surface area contributed by atoms with E-state index in [1.807, 2.05) is 0 Å². The summed E-state index contributed by atoms with van der Waals surface area (Å²) in [5.41, 5.74) is 0.160. The molecule has 106 valence electrons. The van der Waals surface area contributed by atoms with E-state index in [9.17, 15) is 14.0 Å². The van der Waals surface area contributed by atoms with E-state index in [1.165, 1.54) is 33.6 Å². The highest BCUT2D eigenvalue weighted by atomic mass is 19.1. The van der Waals surface area contributed by atoms with Crippen molar-refractivity contribution < 1.29 is 14.3 Å². The lowest BCUT2D eigenvalue weighted by Crippen LogP contribution is -2.22. The van der Waals surface area contributed by atoms with Crippen molar-refractivity contribution in [1.82, 2.24) is 14.2 Å². The number of carboxylic acids is 1. The van der Waals surface area contributed by atoms with Crippen LogP contribution in [-0.4, -0.2) is 25.3 Å². The second kappa shape index (κ2) is 4.86. The number of benzene rings is 1. The minimum atomic E-state index is -1.14. The van der Waals surface area contributed by atoms with Gasteiger partial charge in [0, 0.05) is 18.0 Å². The van der Waals surface area contributed by atoms with Gasteiger partial charge in [-0.1, -0.05) is 0 Å². The maximum Gasteiger partial charge on any atom is 0.335 e. The van der Waals surface area contributed by atoms with E-state index in [-0.39, 0.29) is 23.2 Å². The molecule has 0 radical (unpaired) electrons. The summed E-state index contributed by atoms with van der Waals surface area (Å²) < 4.78 is 16.5. The smallest absolute Gasteiger partial charge is 0.335 e. The molecule has 21 heavy (non-hydrogen) atoms. The first-order chi connectivity index (χ1) is 10.1. The monoisotopic (exact) mass is 287 g/mol. The van der Waals surface area contributed by atoms with Crippen molar-refractivity contribution in [2.75, 3.05) is 0 Å². The number of fused-ring (bicyclic) bond motifs is 1. The van der Waals surface area contributed by atoms with Crippen molar-refractivity contribution in [3.8, 4) is 0 Å². The SMILES string of the molecule is O=C(O)c1ccc(F)c(Cn2ccn3nccc3c2=O)c1. The number of carboxylic acid groups (broad SMARTS) is 1. The van der Waals surface area contributed by atoms with Gasteiger partial charge in [0.05, 0.1) is 18.3 Å². The van der Waals surface area contributed by atoms with Crippen LogP contribution in [0.5, 0.6) is 0 Å². The van der Waals surface area contributed by atoms with Crippen LogP contribution in [0.25, 0.3) is 5.52 Å². The Morgan fingerprint density at radius 3 is 2.86 bits per heavy atom. The van der Waals surface area contributed by atoms with Crippen molar-refractivity contribution >= 4 is 11.5 Å². The topological polar surface area (TPSA) is 76.6 Å². The third-order valence-electron chi connectivity index (χ3n) is 3.17. The number of aromatic carboxylic acids is 1. The lowest BCUT2D eigenvalue weighted by molar-refractivity contribution is 0.0696. The number of hydrogen-bond acceptors (Lipinski definition) is 3. The van der Waals surface area contributed by atoms with Gasteiger partial charge in [0.1, 0.15) is 11.3 Å². The van der Waals surface area contributed by atoms with Crippen LogP contribution in [0, 0.1) is 5.82 Å². The first-order valence-corrected chi connectivity index (χ1v) is 6.11. The number of carbonyl (C=O) groups is 1. The second-order valence-corrected chi connectivity index (χ2v) is 4.50. The molecular formula is C14H10FN3O3. The highest BCUT2D eigenvalue weighted by Crippen LogP contribution is 2.12. The zero-order valence-corrected chi connectivity index (χ0v) is 10.7. The van der Waals surface area contributed by atoms with E-state index in [4.69, 9.17) is 5.11 Å². The summed E-state index contributed by atoms with van der Waals surface area (Å²) in [6.07, 6.45) is 4.55. The lowest BCUT2D eigenvalue weighted by atomic mass is 10.1. The van der Waals surface area contributed by atoms with E-state index in [0.29, 0.717) is 5.52 Å². The number of nitrogens with zero attached hydrogens (tertiary/aromatic N) is 3. The molecule has 0 atom stereocenters. The van der Waals surface area contributed by atoms with E-state index in [1.54, 1.807) is 12.3 Å². The average molecular weight is 287 g/mol. The van der Waals surface area contributed by atoms with Crippen molar-refractivity contribution in [2.24, 2.45) is 0 Å². The van der Waals surface area contributed by atoms with Crippen LogP contribution in [0.15, 0.2) is 47.7 Å². The summed E-state index contributed by atoms with van der Waals surface area (Å²) in [4.78, 5) is 23.1. The normalized spacial score (nSPS) is 10.9. The zero-order chi connectivity index (χ0) is 15.0. The molecule has 0 aliphatic heterocycles. The van der Waals surface area contributed by atoms with Crippen LogP contribution in [0.3, 0.4) is 0 Å². The Morgan fingerprint density at radius 2 is 2.10 bits per heavy atom. The van der Waals surface area contributed by atoms with Gasteiger partial charge in [-0.05, 0) is 24.3 Å². The molecule has 0 saturated heterocycles. The molecule has 3 rings (SSSR count). The van der Waals surface area contributed by atoms with Gasteiger partial charge >= 0.3 is 5.97 Å². The number of hydrogen-bond donors (Lipinski definition) is 1. The molecule has 6 nitrogen and oxygen atoms in total. The molecule has 0 spiro atoms. The lowest BCUT2D eigenvalue weighted by Gasteiger charge is -2.08. The van der Waals surface area contributed by atoms with Gasteiger partial charge in [-0.25, -0.2) is 13.7 Å². The minimum absolute atomic E-state index is 0.0233. The number of rotatable bonds is 3. The Hall–Kier alpha value is -2.96. The van der Waals surface area contributed by atoms with Gasteiger partial charge in [0.15, 0.2) is 0 Å². The van der Waals surface area contributed by atoms with E-state index in [2.05, 4.69) is 5.10 Å². The van der Waals surface area contributed by atoms with Gasteiger partial charge in [0.25, 0.3) is 5.56 Å². The van der Waals surface area contributed by atoms with Gasteiger partial charge < -0.3 is 9.67 Å². The molecule has 7 heteroatoms. The van der Waals surface area contributed by atoms with Crippen LogP contribution in [0.4, 0.5) is 4.39 Å².